The Kier molecular flexibility index (Phi) is 5.52. The Hall–Kier alpha value is -0.370. The van der Waals surface area contributed by atoms with E-state index >= 15 is 0 Å². The third-order valence-electron chi connectivity index (χ3n) is 0.999. The highest BCUT2D eigenvalue weighted by molar-refractivity contribution is 4.89. The molecule has 0 heterocycles. The quantitative estimate of drug-likeness (QED) is 0.620. The van der Waals surface area contributed by atoms with E-state index in [9.17, 15) is 4.39 Å². The highest BCUT2D eigenvalue weighted by atomic mass is 19.1. The minimum Gasteiger partial charge on any atom is -0.396 e. The molecule has 0 aliphatic heterocycles. The molecule has 0 aliphatic carbocycles. The second-order valence-electron chi connectivity index (χ2n) is 1.89. The summed E-state index contributed by atoms with van der Waals surface area (Å²) in [6, 6.07) is 0. The summed E-state index contributed by atoms with van der Waals surface area (Å²) in [5.74, 6) is -0.105. The largest absolute Gasteiger partial charge is 0.396 e. The van der Waals surface area contributed by atoms with E-state index in [-0.39, 0.29) is 12.4 Å². The number of hydrogen-bond donors (Lipinski definition) is 1. The van der Waals surface area contributed by atoms with Crippen LogP contribution in [0.2, 0.25) is 0 Å². The van der Waals surface area contributed by atoms with Crippen molar-refractivity contribution in [2.75, 3.05) is 6.61 Å². The third kappa shape index (κ3) is 5.50. The molecule has 0 saturated carbocycles. The maximum absolute atomic E-state index is 12.3. The molecule has 0 spiro atoms. The van der Waals surface area contributed by atoms with Crippen molar-refractivity contribution in [2.45, 2.75) is 26.2 Å². The molecule has 0 aromatic rings. The zero-order valence-electron chi connectivity index (χ0n) is 5.73. The van der Waals surface area contributed by atoms with Crippen molar-refractivity contribution in [3.8, 4) is 0 Å². The van der Waals surface area contributed by atoms with Gasteiger partial charge in [0.1, 0.15) is 0 Å². The van der Waals surface area contributed by atoms with E-state index in [0.717, 1.165) is 6.42 Å². The third-order valence-corrected chi connectivity index (χ3v) is 0.999. The number of hydrogen-bond acceptors (Lipinski definition) is 1. The summed E-state index contributed by atoms with van der Waals surface area (Å²) >= 11 is 0. The standard InChI is InChI=1S/C7H13FO/c1-2-4-7(8)5-3-6-9/h4,9H,2-3,5-6H2,1H3/b7-4-. The van der Waals surface area contributed by atoms with Gasteiger partial charge in [0.2, 0.25) is 0 Å². The van der Waals surface area contributed by atoms with Crippen molar-refractivity contribution in [2.24, 2.45) is 0 Å². The number of rotatable bonds is 4. The molecular weight excluding hydrogens is 119 g/mol. The van der Waals surface area contributed by atoms with Gasteiger partial charge in [0.15, 0.2) is 0 Å². The van der Waals surface area contributed by atoms with Gasteiger partial charge >= 0.3 is 0 Å². The van der Waals surface area contributed by atoms with Gasteiger partial charge in [0.25, 0.3) is 0 Å². The average Bonchev–Trinajstić information content (AvgIpc) is 1.85. The highest BCUT2D eigenvalue weighted by Crippen LogP contribution is 2.05. The van der Waals surface area contributed by atoms with E-state index in [1.54, 1.807) is 0 Å². The van der Waals surface area contributed by atoms with E-state index in [0.29, 0.717) is 12.8 Å². The van der Waals surface area contributed by atoms with Crippen LogP contribution in [0.25, 0.3) is 0 Å². The number of aliphatic hydroxyl groups excluding tert-OH is 1. The van der Waals surface area contributed by atoms with E-state index in [2.05, 4.69) is 0 Å². The zero-order chi connectivity index (χ0) is 7.11. The lowest BCUT2D eigenvalue weighted by Crippen LogP contribution is -1.82. The van der Waals surface area contributed by atoms with Crippen LogP contribution in [0.5, 0.6) is 0 Å². The molecule has 0 atom stereocenters. The molecule has 0 aromatic heterocycles. The van der Waals surface area contributed by atoms with Crippen LogP contribution < -0.4 is 0 Å². The van der Waals surface area contributed by atoms with Crippen molar-refractivity contribution in [1.29, 1.82) is 0 Å². The predicted molar refractivity (Wildman–Crippen MR) is 35.8 cm³/mol. The van der Waals surface area contributed by atoms with Crippen LogP contribution in [0.1, 0.15) is 26.2 Å². The molecule has 0 fully saturated rings. The fourth-order valence-corrected chi connectivity index (χ4v) is 0.571. The molecule has 0 radical (unpaired) electrons. The summed E-state index contributed by atoms with van der Waals surface area (Å²) in [5.41, 5.74) is 0. The van der Waals surface area contributed by atoms with Crippen molar-refractivity contribution in [3.63, 3.8) is 0 Å². The summed E-state index contributed by atoms with van der Waals surface area (Å²) < 4.78 is 12.3. The van der Waals surface area contributed by atoms with Gasteiger partial charge < -0.3 is 5.11 Å². The molecule has 0 unspecified atom stereocenters. The number of halogens is 1. The van der Waals surface area contributed by atoms with Crippen LogP contribution in [-0.4, -0.2) is 11.7 Å². The Morgan fingerprint density at radius 3 is 2.78 bits per heavy atom. The Balaban J connectivity index is 3.25. The molecule has 0 amide bonds. The van der Waals surface area contributed by atoms with Crippen molar-refractivity contribution >= 4 is 0 Å². The lowest BCUT2D eigenvalue weighted by atomic mass is 10.2. The van der Waals surface area contributed by atoms with E-state index < -0.39 is 0 Å². The van der Waals surface area contributed by atoms with Crippen LogP contribution in [0, 0.1) is 0 Å². The second kappa shape index (κ2) is 5.76. The van der Waals surface area contributed by atoms with Crippen LogP contribution in [-0.2, 0) is 0 Å². The van der Waals surface area contributed by atoms with Crippen molar-refractivity contribution < 1.29 is 9.50 Å². The van der Waals surface area contributed by atoms with Gasteiger partial charge in [-0.15, -0.1) is 0 Å². The smallest absolute Gasteiger partial charge is 0.0960 e. The number of aliphatic hydroxyl groups is 1. The molecule has 2 heteroatoms. The fourth-order valence-electron chi connectivity index (χ4n) is 0.571. The lowest BCUT2D eigenvalue weighted by molar-refractivity contribution is 0.284. The first-order chi connectivity index (χ1) is 4.31. The van der Waals surface area contributed by atoms with Crippen LogP contribution >= 0.6 is 0 Å². The maximum atomic E-state index is 12.3. The van der Waals surface area contributed by atoms with Gasteiger partial charge in [0, 0.05) is 13.0 Å². The maximum Gasteiger partial charge on any atom is 0.0960 e. The minimum atomic E-state index is -0.105. The molecule has 0 aliphatic rings. The monoisotopic (exact) mass is 132 g/mol. The van der Waals surface area contributed by atoms with E-state index in [1.807, 2.05) is 6.92 Å². The highest BCUT2D eigenvalue weighted by Gasteiger charge is 1.90. The van der Waals surface area contributed by atoms with Gasteiger partial charge in [-0.1, -0.05) is 13.0 Å². The van der Waals surface area contributed by atoms with Gasteiger partial charge in [-0.05, 0) is 12.8 Å². The van der Waals surface area contributed by atoms with Gasteiger partial charge in [-0.2, -0.15) is 0 Å². The molecule has 0 rings (SSSR count). The van der Waals surface area contributed by atoms with Gasteiger partial charge in [-0.3, -0.25) is 0 Å². The Morgan fingerprint density at radius 1 is 1.67 bits per heavy atom. The molecular formula is C7H13FO. The molecule has 1 nitrogen and oxygen atoms in total. The van der Waals surface area contributed by atoms with E-state index in [4.69, 9.17) is 5.11 Å². The summed E-state index contributed by atoms with van der Waals surface area (Å²) in [6.45, 7) is 1.96. The Labute approximate surface area is 55.2 Å². The second-order valence-corrected chi connectivity index (χ2v) is 1.89. The predicted octanol–water partition coefficient (Wildman–Crippen LogP) is 2.02. The SMILES string of the molecule is CC/C=C(\F)CCCO. The number of allylic oxidation sites excluding steroid dienone is 2. The van der Waals surface area contributed by atoms with Crippen molar-refractivity contribution in [3.05, 3.63) is 11.9 Å². The summed E-state index contributed by atoms with van der Waals surface area (Å²) in [5, 5.41) is 8.29. The molecule has 0 saturated heterocycles. The first-order valence-electron chi connectivity index (χ1n) is 3.26. The fraction of sp³-hybridized carbons (Fsp3) is 0.714. The Morgan fingerprint density at radius 2 is 2.33 bits per heavy atom. The topological polar surface area (TPSA) is 20.2 Å². The molecule has 54 valence electrons. The normalized spacial score (nSPS) is 12.1. The average molecular weight is 132 g/mol. The first kappa shape index (κ1) is 8.63. The lowest BCUT2D eigenvalue weighted by Gasteiger charge is -1.91. The summed E-state index contributed by atoms with van der Waals surface area (Å²) in [6.07, 6.45) is 3.18. The molecule has 9 heavy (non-hydrogen) atoms. The van der Waals surface area contributed by atoms with Gasteiger partial charge in [0.05, 0.1) is 5.83 Å². The first-order valence-corrected chi connectivity index (χ1v) is 3.26. The molecule has 0 aromatic carbocycles. The summed E-state index contributed by atoms with van der Waals surface area (Å²) in [4.78, 5) is 0. The molecule has 1 N–H and O–H groups in total. The van der Waals surface area contributed by atoms with Crippen LogP contribution in [0.15, 0.2) is 11.9 Å². The van der Waals surface area contributed by atoms with Crippen LogP contribution in [0.4, 0.5) is 4.39 Å². The zero-order valence-corrected chi connectivity index (χ0v) is 5.73. The van der Waals surface area contributed by atoms with Crippen molar-refractivity contribution in [1.82, 2.24) is 0 Å². The molecule has 0 bridgehead atoms. The minimum absolute atomic E-state index is 0.0744. The summed E-state index contributed by atoms with van der Waals surface area (Å²) in [7, 11) is 0. The van der Waals surface area contributed by atoms with Gasteiger partial charge in [-0.25, -0.2) is 4.39 Å². The Bertz CT molecular complexity index is 88.9. The van der Waals surface area contributed by atoms with Crippen LogP contribution in [0.3, 0.4) is 0 Å². The van der Waals surface area contributed by atoms with E-state index in [1.165, 1.54) is 6.08 Å².